The van der Waals surface area contributed by atoms with Gasteiger partial charge in [0.1, 0.15) is 5.75 Å². The number of hydrogen-bond donors (Lipinski definition) is 1. The van der Waals surface area contributed by atoms with Crippen LogP contribution in [0.1, 0.15) is 30.2 Å². The molecule has 0 amide bonds. The largest absolute Gasteiger partial charge is 0.496 e. The minimum Gasteiger partial charge on any atom is -0.496 e. The fourth-order valence-corrected chi connectivity index (χ4v) is 2.59. The van der Waals surface area contributed by atoms with Crippen molar-refractivity contribution in [1.82, 2.24) is 10.3 Å². The van der Waals surface area contributed by atoms with Gasteiger partial charge in [0, 0.05) is 23.9 Å². The maximum absolute atomic E-state index is 6.02. The maximum Gasteiger partial charge on any atom is 0.128 e. The molecule has 0 saturated carbocycles. The molecule has 0 spiro atoms. The van der Waals surface area contributed by atoms with Crippen LogP contribution in [0.2, 0.25) is 0 Å². The van der Waals surface area contributed by atoms with Gasteiger partial charge in [0.2, 0.25) is 0 Å². The first-order chi connectivity index (χ1) is 9.13. The summed E-state index contributed by atoms with van der Waals surface area (Å²) in [5.74, 6) is 1.53. The first kappa shape index (κ1) is 14.3. The van der Waals surface area contributed by atoms with Crippen molar-refractivity contribution < 1.29 is 9.47 Å². The zero-order valence-electron chi connectivity index (χ0n) is 12.3. The maximum atomic E-state index is 6.02. The van der Waals surface area contributed by atoms with Gasteiger partial charge in [0.15, 0.2) is 0 Å². The summed E-state index contributed by atoms with van der Waals surface area (Å²) in [5, 5.41) is 3.38. The quantitative estimate of drug-likeness (QED) is 0.905. The topological polar surface area (TPSA) is 43.4 Å². The highest BCUT2D eigenvalue weighted by atomic mass is 16.5. The lowest BCUT2D eigenvalue weighted by Crippen LogP contribution is -2.41. The van der Waals surface area contributed by atoms with E-state index < -0.39 is 0 Å². The Hall–Kier alpha value is -1.13. The van der Waals surface area contributed by atoms with Gasteiger partial charge in [-0.3, -0.25) is 4.98 Å². The van der Waals surface area contributed by atoms with E-state index in [9.17, 15) is 0 Å². The van der Waals surface area contributed by atoms with Crippen LogP contribution in [0.15, 0.2) is 6.20 Å². The molecule has 1 N–H and O–H groups in total. The minimum absolute atomic E-state index is 0.280. The third-order valence-electron chi connectivity index (χ3n) is 3.94. The van der Waals surface area contributed by atoms with E-state index in [1.54, 1.807) is 7.11 Å². The molecule has 1 aromatic rings. The summed E-state index contributed by atoms with van der Waals surface area (Å²) in [4.78, 5) is 4.47. The molecular formula is C15H24N2O2. The van der Waals surface area contributed by atoms with E-state index in [2.05, 4.69) is 17.2 Å². The van der Waals surface area contributed by atoms with E-state index in [4.69, 9.17) is 9.47 Å². The number of hydrogen-bond acceptors (Lipinski definition) is 4. The molecule has 2 atom stereocenters. The van der Waals surface area contributed by atoms with Gasteiger partial charge < -0.3 is 14.8 Å². The van der Waals surface area contributed by atoms with Crippen molar-refractivity contribution in [3.05, 3.63) is 23.0 Å². The standard InChI is InChI=1S/C15H24N2O2/c1-10-5-6-16-8-14(10)19-9-13-12(3)15(18-4)11(2)7-17-13/h7,10,14,16H,5-6,8-9H2,1-4H3. The number of rotatable bonds is 4. The van der Waals surface area contributed by atoms with Crippen LogP contribution in [0, 0.1) is 19.8 Å². The first-order valence-electron chi connectivity index (χ1n) is 6.95. The van der Waals surface area contributed by atoms with Gasteiger partial charge in [-0.1, -0.05) is 6.92 Å². The number of pyridine rings is 1. The molecule has 1 aliphatic heterocycles. The fourth-order valence-electron chi connectivity index (χ4n) is 2.59. The fraction of sp³-hybridized carbons (Fsp3) is 0.667. The minimum atomic E-state index is 0.280. The Balaban J connectivity index is 2.03. The highest BCUT2D eigenvalue weighted by Crippen LogP contribution is 2.25. The van der Waals surface area contributed by atoms with Crippen LogP contribution in [0.3, 0.4) is 0 Å². The average molecular weight is 264 g/mol. The van der Waals surface area contributed by atoms with Gasteiger partial charge in [-0.2, -0.15) is 0 Å². The Kier molecular flexibility index (Phi) is 4.77. The molecule has 0 aromatic carbocycles. The second kappa shape index (κ2) is 6.35. The van der Waals surface area contributed by atoms with Crippen molar-refractivity contribution in [2.75, 3.05) is 20.2 Å². The molecule has 0 aliphatic carbocycles. The zero-order chi connectivity index (χ0) is 13.8. The van der Waals surface area contributed by atoms with Crippen molar-refractivity contribution in [3.8, 4) is 5.75 Å². The van der Waals surface area contributed by atoms with Crippen LogP contribution in [0.4, 0.5) is 0 Å². The first-order valence-corrected chi connectivity index (χ1v) is 6.95. The van der Waals surface area contributed by atoms with Crippen molar-refractivity contribution in [3.63, 3.8) is 0 Å². The van der Waals surface area contributed by atoms with Gasteiger partial charge in [-0.05, 0) is 32.7 Å². The number of nitrogens with zero attached hydrogens (tertiary/aromatic N) is 1. The molecule has 2 unspecified atom stereocenters. The predicted molar refractivity (Wildman–Crippen MR) is 75.5 cm³/mol. The normalized spacial score (nSPS) is 23.4. The summed E-state index contributed by atoms with van der Waals surface area (Å²) in [7, 11) is 1.70. The number of aromatic nitrogens is 1. The predicted octanol–water partition coefficient (Wildman–Crippen LogP) is 2.22. The molecule has 1 aliphatic rings. The van der Waals surface area contributed by atoms with Crippen LogP contribution in [0.25, 0.3) is 0 Å². The highest BCUT2D eigenvalue weighted by molar-refractivity contribution is 5.40. The molecule has 2 rings (SSSR count). The molecule has 4 nitrogen and oxygen atoms in total. The Bertz CT molecular complexity index is 434. The second-order valence-corrected chi connectivity index (χ2v) is 5.37. The molecule has 19 heavy (non-hydrogen) atoms. The molecule has 1 saturated heterocycles. The van der Waals surface area contributed by atoms with Gasteiger partial charge in [0.05, 0.1) is 25.5 Å². The molecule has 2 heterocycles. The number of ether oxygens (including phenoxy) is 2. The highest BCUT2D eigenvalue weighted by Gasteiger charge is 2.22. The number of nitrogens with one attached hydrogen (secondary N) is 1. The third kappa shape index (κ3) is 3.25. The van der Waals surface area contributed by atoms with E-state index in [0.29, 0.717) is 12.5 Å². The van der Waals surface area contributed by atoms with Crippen LogP contribution in [-0.4, -0.2) is 31.3 Å². The van der Waals surface area contributed by atoms with E-state index in [-0.39, 0.29) is 6.10 Å². The van der Waals surface area contributed by atoms with Crippen molar-refractivity contribution in [1.29, 1.82) is 0 Å². The van der Waals surface area contributed by atoms with Crippen molar-refractivity contribution in [2.45, 2.75) is 39.9 Å². The second-order valence-electron chi connectivity index (χ2n) is 5.37. The Morgan fingerprint density at radius 2 is 2.21 bits per heavy atom. The smallest absolute Gasteiger partial charge is 0.128 e. The number of piperidine rings is 1. The molecule has 0 bridgehead atoms. The van der Waals surface area contributed by atoms with Gasteiger partial charge in [-0.25, -0.2) is 0 Å². The molecule has 1 fully saturated rings. The van der Waals surface area contributed by atoms with Crippen LogP contribution in [-0.2, 0) is 11.3 Å². The summed E-state index contributed by atoms with van der Waals surface area (Å²) in [6.07, 6.45) is 3.31. The van der Waals surface area contributed by atoms with E-state index in [1.807, 2.05) is 20.0 Å². The van der Waals surface area contributed by atoms with E-state index in [1.165, 1.54) is 6.42 Å². The summed E-state index contributed by atoms with van der Waals surface area (Å²) in [6.45, 7) is 8.89. The summed E-state index contributed by atoms with van der Waals surface area (Å²) >= 11 is 0. The Labute approximate surface area is 115 Å². The van der Waals surface area contributed by atoms with Crippen LogP contribution in [0.5, 0.6) is 5.75 Å². The average Bonchev–Trinajstić information content (AvgIpc) is 2.40. The molecule has 0 radical (unpaired) electrons. The Morgan fingerprint density at radius 3 is 2.89 bits per heavy atom. The lowest BCUT2D eigenvalue weighted by Gasteiger charge is -2.29. The summed E-state index contributed by atoms with van der Waals surface area (Å²) in [5.41, 5.74) is 3.12. The molecule has 4 heteroatoms. The lowest BCUT2D eigenvalue weighted by molar-refractivity contribution is -0.00824. The van der Waals surface area contributed by atoms with Crippen molar-refractivity contribution >= 4 is 0 Å². The monoisotopic (exact) mass is 264 g/mol. The summed E-state index contributed by atoms with van der Waals surface area (Å²) < 4.78 is 11.4. The summed E-state index contributed by atoms with van der Waals surface area (Å²) in [6, 6.07) is 0. The number of methoxy groups -OCH3 is 1. The zero-order valence-corrected chi connectivity index (χ0v) is 12.3. The van der Waals surface area contributed by atoms with E-state index >= 15 is 0 Å². The SMILES string of the molecule is COc1c(C)cnc(COC2CNCCC2C)c1C. The molecule has 1 aromatic heterocycles. The van der Waals surface area contributed by atoms with E-state index in [0.717, 1.165) is 35.7 Å². The third-order valence-corrected chi connectivity index (χ3v) is 3.94. The molecular weight excluding hydrogens is 240 g/mol. The van der Waals surface area contributed by atoms with Gasteiger partial charge in [0.25, 0.3) is 0 Å². The van der Waals surface area contributed by atoms with Crippen LogP contribution >= 0.6 is 0 Å². The van der Waals surface area contributed by atoms with Gasteiger partial charge in [-0.15, -0.1) is 0 Å². The van der Waals surface area contributed by atoms with Crippen LogP contribution < -0.4 is 10.1 Å². The Morgan fingerprint density at radius 1 is 1.42 bits per heavy atom. The molecule has 106 valence electrons. The van der Waals surface area contributed by atoms with Crippen molar-refractivity contribution in [2.24, 2.45) is 5.92 Å². The lowest BCUT2D eigenvalue weighted by atomic mass is 9.97. The number of aryl methyl sites for hydroxylation is 1. The van der Waals surface area contributed by atoms with Gasteiger partial charge >= 0.3 is 0 Å².